The summed E-state index contributed by atoms with van der Waals surface area (Å²) in [5, 5.41) is 9.15. The maximum atomic E-state index is 14.2. The maximum absolute atomic E-state index is 14.2. The zero-order chi connectivity index (χ0) is 14.0. The third kappa shape index (κ3) is 2.36. The molecular weight excluding hydrogens is 257 g/mol. The number of rotatable bonds is 3. The molecule has 1 aliphatic rings. The topological polar surface area (TPSA) is 49.2 Å². The van der Waals surface area contributed by atoms with Crippen LogP contribution in [-0.4, -0.2) is 40.4 Å². The molecular formula is C15H16FN3O. The van der Waals surface area contributed by atoms with Crippen LogP contribution in [0.1, 0.15) is 6.42 Å². The molecule has 4 nitrogen and oxygen atoms in total. The van der Waals surface area contributed by atoms with Crippen LogP contribution in [0.25, 0.3) is 11.1 Å². The van der Waals surface area contributed by atoms with Gasteiger partial charge in [0.1, 0.15) is 0 Å². The highest BCUT2D eigenvalue weighted by Gasteiger charge is 2.38. The zero-order valence-corrected chi connectivity index (χ0v) is 11.0. The van der Waals surface area contributed by atoms with Gasteiger partial charge in [-0.1, -0.05) is 6.07 Å². The average Bonchev–Trinajstić information content (AvgIpc) is 2.91. The normalized spacial score (nSPS) is 22.2. The number of anilines is 1. The molecule has 0 saturated carbocycles. The SMILES string of the molecule is OCC1(F)CCN(c2ccncc2-c2cccnc2)C1. The summed E-state index contributed by atoms with van der Waals surface area (Å²) in [5.41, 5.74) is 1.31. The van der Waals surface area contributed by atoms with Crippen molar-refractivity contribution in [2.75, 3.05) is 24.6 Å². The first-order valence-electron chi connectivity index (χ1n) is 6.61. The summed E-state index contributed by atoms with van der Waals surface area (Å²) in [4.78, 5) is 10.2. The molecule has 2 aromatic heterocycles. The van der Waals surface area contributed by atoms with Gasteiger partial charge in [-0.15, -0.1) is 0 Å². The van der Waals surface area contributed by atoms with Gasteiger partial charge in [0, 0.05) is 54.6 Å². The van der Waals surface area contributed by atoms with E-state index in [2.05, 4.69) is 9.97 Å². The van der Waals surface area contributed by atoms with Gasteiger partial charge < -0.3 is 10.0 Å². The Balaban J connectivity index is 1.96. The molecule has 1 atom stereocenters. The van der Waals surface area contributed by atoms with E-state index in [0.717, 1.165) is 16.8 Å². The Labute approximate surface area is 116 Å². The molecule has 1 saturated heterocycles. The summed E-state index contributed by atoms with van der Waals surface area (Å²) >= 11 is 0. The summed E-state index contributed by atoms with van der Waals surface area (Å²) in [6.07, 6.45) is 7.30. The van der Waals surface area contributed by atoms with Crippen LogP contribution >= 0.6 is 0 Å². The van der Waals surface area contributed by atoms with Crippen LogP contribution in [0, 0.1) is 0 Å². The molecule has 1 N–H and O–H groups in total. The van der Waals surface area contributed by atoms with Crippen molar-refractivity contribution in [1.29, 1.82) is 0 Å². The van der Waals surface area contributed by atoms with Crippen LogP contribution in [0.5, 0.6) is 0 Å². The van der Waals surface area contributed by atoms with E-state index < -0.39 is 12.3 Å². The molecule has 0 spiro atoms. The van der Waals surface area contributed by atoms with Gasteiger partial charge in [0.2, 0.25) is 0 Å². The number of nitrogens with zero attached hydrogens (tertiary/aromatic N) is 3. The summed E-state index contributed by atoms with van der Waals surface area (Å²) < 4.78 is 14.2. The summed E-state index contributed by atoms with van der Waals surface area (Å²) in [6.45, 7) is 0.367. The van der Waals surface area contributed by atoms with Crippen LogP contribution in [0.4, 0.5) is 10.1 Å². The Morgan fingerprint density at radius 1 is 1.25 bits per heavy atom. The number of halogens is 1. The first-order chi connectivity index (χ1) is 9.72. The Bertz CT molecular complexity index is 593. The second kappa shape index (κ2) is 5.17. The number of pyridine rings is 2. The molecule has 0 aromatic carbocycles. The van der Waals surface area contributed by atoms with E-state index in [-0.39, 0.29) is 6.54 Å². The van der Waals surface area contributed by atoms with Gasteiger partial charge >= 0.3 is 0 Å². The van der Waals surface area contributed by atoms with E-state index in [4.69, 9.17) is 5.11 Å². The predicted molar refractivity (Wildman–Crippen MR) is 75.2 cm³/mol. The van der Waals surface area contributed by atoms with Crippen LogP contribution in [0.2, 0.25) is 0 Å². The second-order valence-corrected chi connectivity index (χ2v) is 5.12. The van der Waals surface area contributed by atoms with Crippen molar-refractivity contribution in [3.8, 4) is 11.1 Å². The van der Waals surface area contributed by atoms with E-state index >= 15 is 0 Å². The molecule has 1 fully saturated rings. The van der Waals surface area contributed by atoms with Crippen molar-refractivity contribution >= 4 is 5.69 Å². The van der Waals surface area contributed by atoms with Gasteiger partial charge in [-0.3, -0.25) is 9.97 Å². The Morgan fingerprint density at radius 2 is 2.10 bits per heavy atom. The van der Waals surface area contributed by atoms with Crippen molar-refractivity contribution in [3.63, 3.8) is 0 Å². The number of hydrogen-bond donors (Lipinski definition) is 1. The Morgan fingerprint density at radius 3 is 2.80 bits per heavy atom. The van der Waals surface area contributed by atoms with Gasteiger partial charge in [-0.05, 0) is 12.1 Å². The molecule has 0 amide bonds. The minimum Gasteiger partial charge on any atom is -0.393 e. The summed E-state index contributed by atoms with van der Waals surface area (Å²) in [7, 11) is 0. The average molecular weight is 273 g/mol. The van der Waals surface area contributed by atoms with Crippen LogP contribution in [0.3, 0.4) is 0 Å². The highest BCUT2D eigenvalue weighted by Crippen LogP contribution is 2.35. The van der Waals surface area contributed by atoms with Gasteiger partial charge in [-0.25, -0.2) is 4.39 Å². The minimum absolute atomic E-state index is 0.209. The first kappa shape index (κ1) is 13.0. The number of aliphatic hydroxyl groups excluding tert-OH is 1. The zero-order valence-electron chi connectivity index (χ0n) is 11.0. The lowest BCUT2D eigenvalue weighted by Crippen LogP contribution is -2.32. The molecule has 104 valence electrons. The standard InChI is InChI=1S/C15H16FN3O/c16-15(11-20)4-7-19(10-15)14-3-6-18-9-13(14)12-2-1-5-17-8-12/h1-3,5-6,8-9,20H,4,7,10-11H2. The van der Waals surface area contributed by atoms with Crippen molar-refractivity contribution in [3.05, 3.63) is 43.0 Å². The van der Waals surface area contributed by atoms with Crippen molar-refractivity contribution in [2.45, 2.75) is 12.1 Å². The molecule has 5 heteroatoms. The molecule has 3 heterocycles. The van der Waals surface area contributed by atoms with Crippen LogP contribution < -0.4 is 4.90 Å². The summed E-state index contributed by atoms with van der Waals surface area (Å²) in [6, 6.07) is 5.70. The van der Waals surface area contributed by atoms with Crippen molar-refractivity contribution in [2.24, 2.45) is 0 Å². The van der Waals surface area contributed by atoms with Crippen LogP contribution in [0.15, 0.2) is 43.0 Å². The molecule has 3 rings (SSSR count). The van der Waals surface area contributed by atoms with Gasteiger partial charge in [-0.2, -0.15) is 0 Å². The lowest BCUT2D eigenvalue weighted by molar-refractivity contribution is 0.0910. The Kier molecular flexibility index (Phi) is 3.36. The van der Waals surface area contributed by atoms with E-state index in [1.807, 2.05) is 23.1 Å². The van der Waals surface area contributed by atoms with E-state index in [9.17, 15) is 4.39 Å². The molecule has 0 aliphatic carbocycles. The molecule has 0 bridgehead atoms. The highest BCUT2D eigenvalue weighted by atomic mass is 19.1. The third-order valence-electron chi connectivity index (χ3n) is 3.70. The fourth-order valence-electron chi connectivity index (χ4n) is 2.58. The highest BCUT2D eigenvalue weighted by molar-refractivity contribution is 5.77. The molecule has 2 aromatic rings. The largest absolute Gasteiger partial charge is 0.393 e. The Hall–Kier alpha value is -2.01. The number of aliphatic hydroxyl groups is 1. The quantitative estimate of drug-likeness (QED) is 0.930. The van der Waals surface area contributed by atoms with Crippen molar-refractivity contribution in [1.82, 2.24) is 9.97 Å². The van der Waals surface area contributed by atoms with Gasteiger partial charge in [0.15, 0.2) is 5.67 Å². The van der Waals surface area contributed by atoms with Crippen LogP contribution in [-0.2, 0) is 0 Å². The molecule has 0 radical (unpaired) electrons. The van der Waals surface area contributed by atoms with Crippen molar-refractivity contribution < 1.29 is 9.50 Å². The van der Waals surface area contributed by atoms with E-state index in [1.165, 1.54) is 0 Å². The van der Waals surface area contributed by atoms with E-state index in [1.54, 1.807) is 24.8 Å². The lowest BCUT2D eigenvalue weighted by Gasteiger charge is -2.23. The summed E-state index contributed by atoms with van der Waals surface area (Å²) in [5.74, 6) is 0. The monoisotopic (exact) mass is 273 g/mol. The van der Waals surface area contributed by atoms with Gasteiger partial charge in [0.25, 0.3) is 0 Å². The molecule has 20 heavy (non-hydrogen) atoms. The fourth-order valence-corrected chi connectivity index (χ4v) is 2.58. The number of alkyl halides is 1. The number of hydrogen-bond acceptors (Lipinski definition) is 4. The third-order valence-corrected chi connectivity index (χ3v) is 3.70. The first-order valence-corrected chi connectivity index (χ1v) is 6.61. The lowest BCUT2D eigenvalue weighted by atomic mass is 10.1. The second-order valence-electron chi connectivity index (χ2n) is 5.12. The maximum Gasteiger partial charge on any atom is 0.152 e. The van der Waals surface area contributed by atoms with E-state index in [0.29, 0.717) is 13.0 Å². The number of aromatic nitrogens is 2. The fraction of sp³-hybridized carbons (Fsp3) is 0.333. The molecule has 1 unspecified atom stereocenters. The van der Waals surface area contributed by atoms with Gasteiger partial charge in [0.05, 0.1) is 13.2 Å². The molecule has 1 aliphatic heterocycles. The predicted octanol–water partition coefficient (Wildman–Crippen LogP) is 2.05. The minimum atomic E-state index is -1.50. The smallest absolute Gasteiger partial charge is 0.152 e.